The molecule has 2 heteroatoms. The number of rotatable bonds is 4. The zero-order valence-corrected chi connectivity index (χ0v) is 12.8. The molecule has 0 N–H and O–H groups in total. The van der Waals surface area contributed by atoms with Crippen LogP contribution >= 0.6 is 11.6 Å². The lowest BCUT2D eigenvalue weighted by Gasteiger charge is -2.28. The summed E-state index contributed by atoms with van der Waals surface area (Å²) in [4.78, 5) is 2.60. The van der Waals surface area contributed by atoms with Crippen molar-refractivity contribution in [1.82, 2.24) is 4.90 Å². The van der Waals surface area contributed by atoms with Gasteiger partial charge in [0.1, 0.15) is 0 Å². The highest BCUT2D eigenvalue weighted by atomic mass is 35.5. The van der Waals surface area contributed by atoms with E-state index < -0.39 is 0 Å². The van der Waals surface area contributed by atoms with Crippen LogP contribution < -0.4 is 0 Å². The predicted octanol–water partition coefficient (Wildman–Crippen LogP) is 4.33. The van der Waals surface area contributed by atoms with Crippen LogP contribution in [0, 0.1) is 17.8 Å². The third-order valence-corrected chi connectivity index (χ3v) is 5.33. The van der Waals surface area contributed by atoms with Crippen LogP contribution in [-0.4, -0.2) is 23.9 Å². The average molecular weight is 290 g/mol. The molecule has 20 heavy (non-hydrogen) atoms. The Bertz CT molecular complexity index is 442. The van der Waals surface area contributed by atoms with Crippen LogP contribution in [0.1, 0.15) is 24.8 Å². The van der Waals surface area contributed by atoms with E-state index in [-0.39, 0.29) is 0 Å². The van der Waals surface area contributed by atoms with Gasteiger partial charge in [0.05, 0.1) is 0 Å². The highest BCUT2D eigenvalue weighted by Gasteiger charge is 2.36. The van der Waals surface area contributed by atoms with Gasteiger partial charge < -0.3 is 0 Å². The second kappa shape index (κ2) is 6.78. The number of alkyl halides is 1. The summed E-state index contributed by atoms with van der Waals surface area (Å²) in [5.74, 6) is 3.14. The van der Waals surface area contributed by atoms with Crippen molar-refractivity contribution in [2.24, 2.45) is 17.8 Å². The molecule has 1 unspecified atom stereocenters. The molecule has 1 aliphatic carbocycles. The van der Waals surface area contributed by atoms with Gasteiger partial charge in [-0.25, -0.2) is 0 Å². The zero-order chi connectivity index (χ0) is 13.8. The minimum atomic E-state index is 0.678. The molecule has 0 bridgehead atoms. The lowest BCUT2D eigenvalue weighted by molar-refractivity contribution is 0.258. The van der Waals surface area contributed by atoms with Gasteiger partial charge in [-0.15, -0.1) is 11.6 Å². The topological polar surface area (TPSA) is 3.24 Å². The van der Waals surface area contributed by atoms with E-state index in [1.54, 1.807) is 0 Å². The van der Waals surface area contributed by atoms with Gasteiger partial charge in [-0.05, 0) is 42.6 Å². The van der Waals surface area contributed by atoms with Crippen molar-refractivity contribution < 1.29 is 0 Å². The molecule has 1 aliphatic heterocycles. The van der Waals surface area contributed by atoms with Crippen LogP contribution in [0.15, 0.2) is 42.5 Å². The van der Waals surface area contributed by atoms with E-state index in [9.17, 15) is 0 Å². The van der Waals surface area contributed by atoms with Crippen LogP contribution in [0.5, 0.6) is 0 Å². The molecule has 0 radical (unpaired) electrons. The van der Waals surface area contributed by atoms with Gasteiger partial charge in [-0.2, -0.15) is 0 Å². The molecule has 1 saturated heterocycles. The summed E-state index contributed by atoms with van der Waals surface area (Å²) in [6.45, 7) is 3.47. The highest BCUT2D eigenvalue weighted by Crippen LogP contribution is 2.37. The molecule has 0 amide bonds. The summed E-state index contributed by atoms with van der Waals surface area (Å²) in [7, 11) is 0. The van der Waals surface area contributed by atoms with Crippen LogP contribution in [0.25, 0.3) is 0 Å². The summed E-state index contributed by atoms with van der Waals surface area (Å²) >= 11 is 6.25. The molecule has 3 atom stereocenters. The molecule has 0 saturated carbocycles. The van der Waals surface area contributed by atoms with Gasteiger partial charge >= 0.3 is 0 Å². The number of likely N-dealkylation sites (tertiary alicyclic amines) is 1. The Hall–Kier alpha value is -0.790. The second-order valence-electron chi connectivity index (χ2n) is 6.30. The Morgan fingerprint density at radius 1 is 1.10 bits per heavy atom. The van der Waals surface area contributed by atoms with Crippen molar-refractivity contribution in [1.29, 1.82) is 0 Å². The maximum absolute atomic E-state index is 6.25. The lowest BCUT2D eigenvalue weighted by atomic mass is 9.78. The minimum Gasteiger partial charge on any atom is -0.298 e. The summed E-state index contributed by atoms with van der Waals surface area (Å²) < 4.78 is 0. The first-order valence-corrected chi connectivity index (χ1v) is 8.37. The van der Waals surface area contributed by atoms with E-state index in [2.05, 4.69) is 47.4 Å². The SMILES string of the molecule is ClC[C@@H]1CN(Cc2ccccc2)C[C@@H]1C1CC=CCC1. The van der Waals surface area contributed by atoms with Crippen LogP contribution in [-0.2, 0) is 6.54 Å². The van der Waals surface area contributed by atoms with Crippen LogP contribution in [0.2, 0.25) is 0 Å². The summed E-state index contributed by atoms with van der Waals surface area (Å²) in [5, 5.41) is 0. The van der Waals surface area contributed by atoms with E-state index in [1.165, 1.54) is 37.9 Å². The summed E-state index contributed by atoms with van der Waals surface area (Å²) in [6, 6.07) is 10.8. The van der Waals surface area contributed by atoms with Crippen molar-refractivity contribution in [2.75, 3.05) is 19.0 Å². The van der Waals surface area contributed by atoms with Crippen molar-refractivity contribution in [3.8, 4) is 0 Å². The van der Waals surface area contributed by atoms with E-state index >= 15 is 0 Å². The van der Waals surface area contributed by atoms with Gasteiger partial charge in [0.2, 0.25) is 0 Å². The first-order valence-electron chi connectivity index (χ1n) is 7.84. The van der Waals surface area contributed by atoms with Crippen molar-refractivity contribution >= 4 is 11.6 Å². The third-order valence-electron chi connectivity index (χ3n) is 4.93. The van der Waals surface area contributed by atoms with Crippen molar-refractivity contribution in [3.63, 3.8) is 0 Å². The fraction of sp³-hybridized carbons (Fsp3) is 0.556. The Morgan fingerprint density at radius 3 is 2.65 bits per heavy atom. The Labute approximate surface area is 127 Å². The first-order chi connectivity index (χ1) is 9.86. The molecule has 0 aromatic heterocycles. The number of halogens is 1. The fourth-order valence-corrected chi connectivity index (χ4v) is 4.19. The fourth-order valence-electron chi connectivity index (χ4n) is 3.86. The number of hydrogen-bond donors (Lipinski definition) is 0. The van der Waals surface area contributed by atoms with Gasteiger partial charge in [0, 0.05) is 25.5 Å². The maximum Gasteiger partial charge on any atom is 0.0267 e. The molecule has 108 valence electrons. The Kier molecular flexibility index (Phi) is 4.80. The minimum absolute atomic E-state index is 0.678. The van der Waals surface area contributed by atoms with E-state index in [0.29, 0.717) is 5.92 Å². The molecule has 2 aliphatic rings. The number of nitrogens with zero attached hydrogens (tertiary/aromatic N) is 1. The van der Waals surface area contributed by atoms with Crippen molar-refractivity contribution in [2.45, 2.75) is 25.8 Å². The molecule has 0 spiro atoms. The summed E-state index contributed by atoms with van der Waals surface area (Å²) in [6.07, 6.45) is 8.59. The van der Waals surface area contributed by atoms with Gasteiger partial charge in [0.15, 0.2) is 0 Å². The van der Waals surface area contributed by atoms with Crippen LogP contribution in [0.4, 0.5) is 0 Å². The molecular formula is C18H24ClN. The van der Waals surface area contributed by atoms with E-state index in [4.69, 9.17) is 11.6 Å². The first kappa shape index (κ1) is 14.2. The normalized spacial score (nSPS) is 30.8. The molecule has 1 aromatic rings. The zero-order valence-electron chi connectivity index (χ0n) is 12.0. The number of hydrogen-bond acceptors (Lipinski definition) is 1. The number of allylic oxidation sites excluding steroid dienone is 2. The molecule has 1 fully saturated rings. The van der Waals surface area contributed by atoms with Crippen LogP contribution in [0.3, 0.4) is 0 Å². The second-order valence-corrected chi connectivity index (χ2v) is 6.61. The van der Waals surface area contributed by atoms with Gasteiger partial charge in [-0.3, -0.25) is 4.90 Å². The molecule has 1 nitrogen and oxygen atoms in total. The molecule has 1 heterocycles. The summed E-state index contributed by atoms with van der Waals surface area (Å²) in [5.41, 5.74) is 1.42. The largest absolute Gasteiger partial charge is 0.298 e. The van der Waals surface area contributed by atoms with Crippen molar-refractivity contribution in [3.05, 3.63) is 48.0 Å². The lowest BCUT2D eigenvalue weighted by Crippen LogP contribution is -2.25. The van der Waals surface area contributed by atoms with Gasteiger partial charge in [0.25, 0.3) is 0 Å². The smallest absolute Gasteiger partial charge is 0.0267 e. The molecule has 1 aromatic carbocycles. The van der Waals surface area contributed by atoms with E-state index in [0.717, 1.165) is 24.3 Å². The van der Waals surface area contributed by atoms with Gasteiger partial charge in [-0.1, -0.05) is 42.5 Å². The Morgan fingerprint density at radius 2 is 1.95 bits per heavy atom. The van der Waals surface area contributed by atoms with E-state index in [1.807, 2.05) is 0 Å². The average Bonchev–Trinajstić information content (AvgIpc) is 2.92. The highest BCUT2D eigenvalue weighted by molar-refractivity contribution is 6.18. The standard InChI is InChI=1S/C18H24ClN/c19-11-17-13-20(12-15-7-3-1-4-8-15)14-18(17)16-9-5-2-6-10-16/h1-5,7-8,16-18H,6,9-14H2/t16?,17-,18-/m1/s1. The molecular weight excluding hydrogens is 266 g/mol. The quantitative estimate of drug-likeness (QED) is 0.589. The third kappa shape index (κ3) is 3.27. The Balaban J connectivity index is 1.63. The maximum atomic E-state index is 6.25. The predicted molar refractivity (Wildman–Crippen MR) is 85.9 cm³/mol. The molecule has 3 rings (SSSR count). The monoisotopic (exact) mass is 289 g/mol. The number of benzene rings is 1.